The standard InChI is InChI=1S/C7H8F3N3O.ClH/c8-7(9,10)5(14)13-6(3-11)1-2-12-4-6;/h12H,1-2,4H2,(H,13,14);1H. The van der Waals surface area contributed by atoms with Gasteiger partial charge in [-0.05, 0) is 13.0 Å². The maximum Gasteiger partial charge on any atom is 0.471 e. The molecular weight excluding hydrogens is 235 g/mol. The number of halogens is 4. The largest absolute Gasteiger partial charge is 0.471 e. The van der Waals surface area contributed by atoms with Gasteiger partial charge in [0, 0.05) is 6.54 Å². The van der Waals surface area contributed by atoms with Gasteiger partial charge in [-0.15, -0.1) is 12.4 Å². The molecule has 1 saturated heterocycles. The highest BCUT2D eigenvalue weighted by Gasteiger charge is 2.45. The summed E-state index contributed by atoms with van der Waals surface area (Å²) in [5, 5.41) is 13.1. The summed E-state index contributed by atoms with van der Waals surface area (Å²) in [5.41, 5.74) is -1.41. The fourth-order valence-corrected chi connectivity index (χ4v) is 1.21. The van der Waals surface area contributed by atoms with Crippen molar-refractivity contribution in [2.45, 2.75) is 18.1 Å². The molecule has 1 amide bonds. The number of rotatable bonds is 1. The van der Waals surface area contributed by atoms with Gasteiger partial charge in [-0.1, -0.05) is 0 Å². The van der Waals surface area contributed by atoms with Crippen LogP contribution >= 0.6 is 12.4 Å². The van der Waals surface area contributed by atoms with Crippen molar-refractivity contribution in [2.75, 3.05) is 13.1 Å². The van der Waals surface area contributed by atoms with Crippen LogP contribution in [0.1, 0.15) is 6.42 Å². The summed E-state index contributed by atoms with van der Waals surface area (Å²) < 4.78 is 35.6. The second-order valence-electron chi connectivity index (χ2n) is 3.07. The van der Waals surface area contributed by atoms with Crippen LogP contribution in [0.4, 0.5) is 13.2 Å². The fourth-order valence-electron chi connectivity index (χ4n) is 1.21. The molecule has 0 aromatic carbocycles. The number of hydrogen-bond donors (Lipinski definition) is 2. The van der Waals surface area contributed by atoms with Gasteiger partial charge >= 0.3 is 12.1 Å². The van der Waals surface area contributed by atoms with E-state index >= 15 is 0 Å². The Bertz CT molecular complexity index is 280. The zero-order chi connectivity index (χ0) is 10.8. The van der Waals surface area contributed by atoms with Gasteiger partial charge in [0.2, 0.25) is 0 Å². The maximum atomic E-state index is 11.9. The number of nitriles is 1. The molecule has 1 fully saturated rings. The molecule has 0 bridgehead atoms. The van der Waals surface area contributed by atoms with Crippen LogP contribution in [0.5, 0.6) is 0 Å². The van der Waals surface area contributed by atoms with Gasteiger partial charge in [0.05, 0.1) is 6.07 Å². The van der Waals surface area contributed by atoms with E-state index in [0.29, 0.717) is 6.54 Å². The van der Waals surface area contributed by atoms with Crippen molar-refractivity contribution >= 4 is 18.3 Å². The Morgan fingerprint density at radius 3 is 2.47 bits per heavy atom. The lowest BCUT2D eigenvalue weighted by atomic mass is 10.0. The van der Waals surface area contributed by atoms with E-state index in [1.807, 2.05) is 0 Å². The molecule has 1 unspecified atom stereocenters. The van der Waals surface area contributed by atoms with Crippen molar-refractivity contribution in [3.63, 3.8) is 0 Å². The lowest BCUT2D eigenvalue weighted by molar-refractivity contribution is -0.175. The Morgan fingerprint density at radius 2 is 2.13 bits per heavy atom. The first-order chi connectivity index (χ1) is 6.40. The SMILES string of the molecule is Cl.N#CC1(NC(=O)C(F)(F)F)CCNC1. The van der Waals surface area contributed by atoms with Crippen LogP contribution in [0.2, 0.25) is 0 Å². The Kier molecular flexibility index (Phi) is 4.37. The molecule has 1 rings (SSSR count). The molecule has 0 spiro atoms. The molecule has 4 nitrogen and oxygen atoms in total. The van der Waals surface area contributed by atoms with Gasteiger partial charge < -0.3 is 10.6 Å². The van der Waals surface area contributed by atoms with Crippen LogP contribution in [-0.4, -0.2) is 30.7 Å². The number of carbonyl (C=O) groups is 1. The monoisotopic (exact) mass is 243 g/mol. The number of carbonyl (C=O) groups excluding carboxylic acids is 1. The van der Waals surface area contributed by atoms with Gasteiger partial charge in [-0.25, -0.2) is 0 Å². The molecule has 1 atom stereocenters. The molecule has 2 N–H and O–H groups in total. The molecule has 0 saturated carbocycles. The van der Waals surface area contributed by atoms with Crippen LogP contribution in [0.3, 0.4) is 0 Å². The normalized spacial score (nSPS) is 25.2. The van der Waals surface area contributed by atoms with E-state index < -0.39 is 17.6 Å². The second-order valence-corrected chi connectivity index (χ2v) is 3.07. The van der Waals surface area contributed by atoms with Crippen LogP contribution in [0.25, 0.3) is 0 Å². The Labute approximate surface area is 90.2 Å². The summed E-state index contributed by atoms with van der Waals surface area (Å²) in [5.74, 6) is -2.07. The third-order valence-electron chi connectivity index (χ3n) is 1.98. The van der Waals surface area contributed by atoms with E-state index in [1.54, 1.807) is 11.4 Å². The highest BCUT2D eigenvalue weighted by Crippen LogP contribution is 2.19. The van der Waals surface area contributed by atoms with Crippen molar-refractivity contribution in [3.8, 4) is 6.07 Å². The average molecular weight is 244 g/mol. The van der Waals surface area contributed by atoms with Crippen LogP contribution in [0.15, 0.2) is 0 Å². The summed E-state index contributed by atoms with van der Waals surface area (Å²) in [4.78, 5) is 10.6. The number of nitrogens with one attached hydrogen (secondary N) is 2. The number of nitrogens with zero attached hydrogens (tertiary/aromatic N) is 1. The molecule has 0 aliphatic carbocycles. The fraction of sp³-hybridized carbons (Fsp3) is 0.714. The summed E-state index contributed by atoms with van der Waals surface area (Å²) >= 11 is 0. The lowest BCUT2D eigenvalue weighted by Gasteiger charge is -2.21. The van der Waals surface area contributed by atoms with E-state index in [4.69, 9.17) is 5.26 Å². The predicted molar refractivity (Wildman–Crippen MR) is 47.3 cm³/mol. The zero-order valence-electron chi connectivity index (χ0n) is 7.52. The molecule has 86 valence electrons. The highest BCUT2D eigenvalue weighted by molar-refractivity contribution is 5.85. The van der Waals surface area contributed by atoms with Crippen molar-refractivity contribution in [3.05, 3.63) is 0 Å². The van der Waals surface area contributed by atoms with Gasteiger partial charge in [-0.2, -0.15) is 18.4 Å². The zero-order valence-corrected chi connectivity index (χ0v) is 8.34. The second kappa shape index (κ2) is 4.68. The molecule has 0 radical (unpaired) electrons. The Morgan fingerprint density at radius 1 is 1.53 bits per heavy atom. The Hall–Kier alpha value is -1.00. The van der Waals surface area contributed by atoms with Gasteiger partial charge in [0.25, 0.3) is 0 Å². The molecule has 15 heavy (non-hydrogen) atoms. The number of alkyl halides is 3. The molecule has 1 aliphatic heterocycles. The highest BCUT2D eigenvalue weighted by atomic mass is 35.5. The first kappa shape index (κ1) is 14.0. The molecule has 1 aliphatic rings. The minimum atomic E-state index is -4.94. The van der Waals surface area contributed by atoms with Gasteiger partial charge in [-0.3, -0.25) is 4.79 Å². The smallest absolute Gasteiger partial charge is 0.329 e. The minimum absolute atomic E-state index is 0. The van der Waals surface area contributed by atoms with Crippen LogP contribution in [0, 0.1) is 11.3 Å². The van der Waals surface area contributed by atoms with E-state index in [-0.39, 0.29) is 25.4 Å². The summed E-state index contributed by atoms with van der Waals surface area (Å²) in [6, 6.07) is 1.69. The van der Waals surface area contributed by atoms with Crippen LogP contribution in [-0.2, 0) is 4.79 Å². The quantitative estimate of drug-likeness (QED) is 0.698. The topological polar surface area (TPSA) is 64.9 Å². The third kappa shape index (κ3) is 3.25. The summed E-state index contributed by atoms with van der Waals surface area (Å²) in [6.45, 7) is 0.469. The molecule has 0 aromatic heterocycles. The van der Waals surface area contributed by atoms with E-state index in [9.17, 15) is 18.0 Å². The number of amides is 1. The molecular formula is C7H9ClF3N3O. The van der Waals surface area contributed by atoms with E-state index in [2.05, 4.69) is 5.32 Å². The predicted octanol–water partition coefficient (Wildman–Crippen LogP) is 0.342. The van der Waals surface area contributed by atoms with Crippen molar-refractivity contribution in [1.29, 1.82) is 5.26 Å². The van der Waals surface area contributed by atoms with E-state index in [1.165, 1.54) is 0 Å². The molecule has 1 heterocycles. The van der Waals surface area contributed by atoms with Gasteiger partial charge in [0.1, 0.15) is 5.54 Å². The number of hydrogen-bond acceptors (Lipinski definition) is 3. The van der Waals surface area contributed by atoms with Crippen LogP contribution < -0.4 is 10.6 Å². The average Bonchev–Trinajstić information content (AvgIpc) is 2.52. The van der Waals surface area contributed by atoms with Gasteiger partial charge in [0.15, 0.2) is 0 Å². The molecule has 0 aromatic rings. The Balaban J connectivity index is 0.00000196. The van der Waals surface area contributed by atoms with Crippen molar-refractivity contribution < 1.29 is 18.0 Å². The first-order valence-electron chi connectivity index (χ1n) is 3.91. The molecule has 8 heteroatoms. The summed E-state index contributed by atoms with van der Waals surface area (Å²) in [6.07, 6.45) is -4.75. The minimum Gasteiger partial charge on any atom is -0.329 e. The maximum absolute atomic E-state index is 11.9. The van der Waals surface area contributed by atoms with Crippen molar-refractivity contribution in [2.24, 2.45) is 0 Å². The van der Waals surface area contributed by atoms with Crippen molar-refractivity contribution in [1.82, 2.24) is 10.6 Å². The van der Waals surface area contributed by atoms with E-state index in [0.717, 1.165) is 0 Å². The summed E-state index contributed by atoms with van der Waals surface area (Å²) in [7, 11) is 0. The first-order valence-corrected chi connectivity index (χ1v) is 3.91. The lowest BCUT2D eigenvalue weighted by Crippen LogP contribution is -2.53. The third-order valence-corrected chi connectivity index (χ3v) is 1.98.